The number of nitrogens with zero attached hydrogens (tertiary/aromatic N) is 2. The second-order valence-corrected chi connectivity index (χ2v) is 4.43. The van der Waals surface area contributed by atoms with E-state index in [4.69, 9.17) is 0 Å². The number of hydrogen-bond acceptors (Lipinski definition) is 3. The van der Waals surface area contributed by atoms with Gasteiger partial charge in [-0.25, -0.2) is 4.68 Å². The Balaban J connectivity index is 2.54. The summed E-state index contributed by atoms with van der Waals surface area (Å²) in [4.78, 5) is 23.2. The van der Waals surface area contributed by atoms with E-state index >= 15 is 0 Å². The first-order valence-electron chi connectivity index (χ1n) is 4.98. The minimum atomic E-state index is -0.265. The predicted molar refractivity (Wildman–Crippen MR) is 67.8 cm³/mol. The van der Waals surface area contributed by atoms with E-state index in [1.54, 1.807) is 18.3 Å². The van der Waals surface area contributed by atoms with Gasteiger partial charge in [-0.3, -0.25) is 9.59 Å². The molecule has 2 rings (SSSR count). The van der Waals surface area contributed by atoms with Gasteiger partial charge in [0.15, 0.2) is 0 Å². The predicted octanol–water partition coefficient (Wildman–Crippen LogP) is 0.905. The number of rotatable bonds is 2. The lowest BCUT2D eigenvalue weighted by atomic mass is 10.2. The van der Waals surface area contributed by atoms with Crippen molar-refractivity contribution in [2.45, 2.75) is 6.54 Å². The molecule has 0 unspecified atom stereocenters. The summed E-state index contributed by atoms with van der Waals surface area (Å²) >= 11 is 3.33. The Bertz CT molecular complexity index is 636. The zero-order valence-corrected chi connectivity index (χ0v) is 10.7. The Labute approximate surface area is 106 Å². The highest BCUT2D eigenvalue weighted by atomic mass is 79.9. The van der Waals surface area contributed by atoms with Crippen molar-refractivity contribution in [3.63, 3.8) is 0 Å². The second-order valence-electron chi connectivity index (χ2n) is 3.51. The zero-order chi connectivity index (χ0) is 12.4. The van der Waals surface area contributed by atoms with Crippen molar-refractivity contribution in [1.82, 2.24) is 15.1 Å². The standard InChI is InChI=1S/C11H10BrN3O2/c1-13-10(16)6-15-11(17)9-3-2-8(12)4-7(9)5-14-15/h2-5H,6H2,1H3,(H,13,16). The number of nitrogens with one attached hydrogen (secondary N) is 1. The summed E-state index contributed by atoms with van der Waals surface area (Å²) in [5.41, 5.74) is -0.265. The normalized spacial score (nSPS) is 10.5. The monoisotopic (exact) mass is 295 g/mol. The molecule has 0 bridgehead atoms. The van der Waals surface area contributed by atoms with Crippen LogP contribution < -0.4 is 10.9 Å². The minimum absolute atomic E-state index is 0.0681. The summed E-state index contributed by atoms with van der Waals surface area (Å²) in [6, 6.07) is 5.31. The van der Waals surface area contributed by atoms with Crippen molar-refractivity contribution in [1.29, 1.82) is 0 Å². The molecule has 2 aromatic rings. The number of amides is 1. The number of halogens is 1. The van der Waals surface area contributed by atoms with Gasteiger partial charge in [0.25, 0.3) is 5.56 Å². The number of carbonyl (C=O) groups is 1. The average molecular weight is 296 g/mol. The van der Waals surface area contributed by atoms with Crippen LogP contribution in [0.15, 0.2) is 33.7 Å². The Hall–Kier alpha value is -1.69. The molecule has 1 amide bonds. The first-order valence-corrected chi connectivity index (χ1v) is 5.77. The van der Waals surface area contributed by atoms with Gasteiger partial charge in [-0.05, 0) is 18.2 Å². The van der Waals surface area contributed by atoms with E-state index in [-0.39, 0.29) is 18.0 Å². The lowest BCUT2D eigenvalue weighted by molar-refractivity contribution is -0.121. The van der Waals surface area contributed by atoms with Crippen LogP contribution in [0.3, 0.4) is 0 Å². The maximum absolute atomic E-state index is 12.0. The third-order valence-corrected chi connectivity index (χ3v) is 2.88. The molecule has 0 radical (unpaired) electrons. The number of benzene rings is 1. The number of aromatic nitrogens is 2. The quantitative estimate of drug-likeness (QED) is 0.895. The molecule has 0 spiro atoms. The van der Waals surface area contributed by atoms with E-state index < -0.39 is 0 Å². The van der Waals surface area contributed by atoms with Crippen molar-refractivity contribution < 1.29 is 4.79 Å². The van der Waals surface area contributed by atoms with Crippen molar-refractivity contribution >= 4 is 32.6 Å². The van der Waals surface area contributed by atoms with E-state index in [2.05, 4.69) is 26.3 Å². The number of hydrogen-bond donors (Lipinski definition) is 1. The number of likely N-dealkylation sites (N-methyl/N-ethyl adjacent to an activating group) is 1. The molecular weight excluding hydrogens is 286 g/mol. The van der Waals surface area contributed by atoms with Gasteiger partial charge in [0, 0.05) is 16.9 Å². The largest absolute Gasteiger partial charge is 0.358 e. The number of fused-ring (bicyclic) bond motifs is 1. The Morgan fingerprint density at radius 2 is 2.29 bits per heavy atom. The molecule has 1 aromatic heterocycles. The third-order valence-electron chi connectivity index (χ3n) is 2.39. The van der Waals surface area contributed by atoms with Crippen LogP contribution in [0.2, 0.25) is 0 Å². The molecule has 0 saturated heterocycles. The zero-order valence-electron chi connectivity index (χ0n) is 9.11. The molecule has 0 aliphatic heterocycles. The van der Waals surface area contributed by atoms with E-state index in [1.165, 1.54) is 7.05 Å². The van der Waals surface area contributed by atoms with Gasteiger partial charge in [0.05, 0.1) is 11.6 Å². The van der Waals surface area contributed by atoms with Crippen molar-refractivity contribution in [2.75, 3.05) is 7.05 Å². The Morgan fingerprint density at radius 1 is 1.53 bits per heavy atom. The van der Waals surface area contributed by atoms with Crippen LogP contribution in [0, 0.1) is 0 Å². The topological polar surface area (TPSA) is 64.0 Å². The van der Waals surface area contributed by atoms with E-state index in [0.29, 0.717) is 5.39 Å². The van der Waals surface area contributed by atoms with Crippen LogP contribution in [0.25, 0.3) is 10.8 Å². The van der Waals surface area contributed by atoms with E-state index in [1.807, 2.05) is 6.07 Å². The SMILES string of the molecule is CNC(=O)Cn1ncc2cc(Br)ccc2c1=O. The lowest BCUT2D eigenvalue weighted by Gasteiger charge is -2.05. The van der Waals surface area contributed by atoms with Crippen LogP contribution in [-0.2, 0) is 11.3 Å². The van der Waals surface area contributed by atoms with Gasteiger partial charge >= 0.3 is 0 Å². The fourth-order valence-corrected chi connectivity index (χ4v) is 1.87. The van der Waals surface area contributed by atoms with Crippen molar-refractivity contribution in [2.24, 2.45) is 0 Å². The summed E-state index contributed by atoms with van der Waals surface area (Å²) in [6.07, 6.45) is 1.57. The van der Waals surface area contributed by atoms with Crippen LogP contribution in [0.4, 0.5) is 0 Å². The van der Waals surface area contributed by atoms with Gasteiger partial charge < -0.3 is 5.32 Å². The molecule has 1 N–H and O–H groups in total. The summed E-state index contributed by atoms with van der Waals surface area (Å²) < 4.78 is 2.03. The first kappa shape index (κ1) is 11.8. The maximum atomic E-state index is 12.0. The van der Waals surface area contributed by atoms with Gasteiger partial charge in [-0.1, -0.05) is 15.9 Å². The fraction of sp³-hybridized carbons (Fsp3) is 0.182. The highest BCUT2D eigenvalue weighted by Crippen LogP contribution is 2.15. The highest BCUT2D eigenvalue weighted by molar-refractivity contribution is 9.10. The summed E-state index contributed by atoms with van der Waals surface area (Å²) in [5.74, 6) is -0.254. The molecule has 0 aliphatic rings. The van der Waals surface area contributed by atoms with E-state index in [9.17, 15) is 9.59 Å². The van der Waals surface area contributed by atoms with Crippen LogP contribution in [-0.4, -0.2) is 22.7 Å². The molecule has 88 valence electrons. The average Bonchev–Trinajstić information content (AvgIpc) is 2.32. The molecule has 0 fully saturated rings. The molecule has 0 saturated carbocycles. The molecule has 0 aliphatic carbocycles. The molecule has 0 atom stereocenters. The Morgan fingerprint density at radius 3 is 3.00 bits per heavy atom. The summed E-state index contributed by atoms with van der Waals surface area (Å²) in [6.45, 7) is -0.0681. The van der Waals surface area contributed by atoms with Crippen LogP contribution in [0.1, 0.15) is 0 Å². The fourth-order valence-electron chi connectivity index (χ4n) is 1.49. The summed E-state index contributed by atoms with van der Waals surface area (Å²) in [7, 11) is 1.52. The molecule has 5 nitrogen and oxygen atoms in total. The van der Waals surface area contributed by atoms with Gasteiger partial charge in [-0.2, -0.15) is 5.10 Å². The van der Waals surface area contributed by atoms with Crippen molar-refractivity contribution in [3.8, 4) is 0 Å². The first-order chi connectivity index (χ1) is 8.11. The molecular formula is C11H10BrN3O2. The highest BCUT2D eigenvalue weighted by Gasteiger charge is 2.07. The molecule has 1 heterocycles. The van der Waals surface area contributed by atoms with Gasteiger partial charge in [0.2, 0.25) is 5.91 Å². The maximum Gasteiger partial charge on any atom is 0.275 e. The molecule has 6 heteroatoms. The summed E-state index contributed by atoms with van der Waals surface area (Å²) in [5, 5.41) is 7.71. The molecule has 1 aromatic carbocycles. The number of carbonyl (C=O) groups excluding carboxylic acids is 1. The lowest BCUT2D eigenvalue weighted by Crippen LogP contribution is -2.31. The molecule has 17 heavy (non-hydrogen) atoms. The van der Waals surface area contributed by atoms with Gasteiger partial charge in [-0.15, -0.1) is 0 Å². The minimum Gasteiger partial charge on any atom is -0.358 e. The van der Waals surface area contributed by atoms with Crippen molar-refractivity contribution in [3.05, 3.63) is 39.2 Å². The Kier molecular flexibility index (Phi) is 3.23. The van der Waals surface area contributed by atoms with Crippen LogP contribution >= 0.6 is 15.9 Å². The van der Waals surface area contributed by atoms with E-state index in [0.717, 1.165) is 14.5 Å². The smallest absolute Gasteiger partial charge is 0.275 e. The van der Waals surface area contributed by atoms with Gasteiger partial charge in [0.1, 0.15) is 6.54 Å². The third kappa shape index (κ3) is 2.36. The second kappa shape index (κ2) is 4.67. The van der Waals surface area contributed by atoms with Crippen LogP contribution in [0.5, 0.6) is 0 Å².